The van der Waals surface area contributed by atoms with Crippen molar-refractivity contribution in [3.63, 3.8) is 0 Å². The summed E-state index contributed by atoms with van der Waals surface area (Å²) < 4.78 is 1.74. The summed E-state index contributed by atoms with van der Waals surface area (Å²) in [5.41, 5.74) is 0. The smallest absolute Gasteiger partial charge is 0.190 e. The topological polar surface area (TPSA) is 40.9 Å². The number of carbonyl (C=O) groups excluding carboxylic acids is 1. The fourth-order valence-corrected chi connectivity index (χ4v) is 3.15. The van der Waals surface area contributed by atoms with Gasteiger partial charge in [0.05, 0.1) is 14.7 Å². The standard InChI is InChI=1S/C10H9Br2NOS/c1-5(2)6(4-13)9(14)8-3-7(11)10(12)15-8/h3,5-6H,1-2H3. The van der Waals surface area contributed by atoms with Gasteiger partial charge >= 0.3 is 0 Å². The number of thiophene rings is 1. The Kier molecular flexibility index (Phi) is 4.50. The zero-order valence-corrected chi connectivity index (χ0v) is 12.2. The van der Waals surface area contributed by atoms with Crippen molar-refractivity contribution in [2.45, 2.75) is 13.8 Å². The molecule has 1 aromatic heterocycles. The molecule has 0 bridgehead atoms. The van der Waals surface area contributed by atoms with Crippen LogP contribution in [0.5, 0.6) is 0 Å². The van der Waals surface area contributed by atoms with Crippen LogP contribution in [0.25, 0.3) is 0 Å². The first-order valence-corrected chi connectivity index (χ1v) is 6.76. The summed E-state index contributed by atoms with van der Waals surface area (Å²) in [6, 6.07) is 3.81. The Hall–Kier alpha value is -0.180. The Balaban J connectivity index is 2.99. The van der Waals surface area contributed by atoms with Crippen LogP contribution in [0.2, 0.25) is 0 Å². The average molecular weight is 351 g/mol. The zero-order valence-electron chi connectivity index (χ0n) is 8.25. The highest BCUT2D eigenvalue weighted by Crippen LogP contribution is 2.34. The maximum Gasteiger partial charge on any atom is 0.190 e. The molecule has 1 aromatic rings. The van der Waals surface area contributed by atoms with Crippen LogP contribution in [0.4, 0.5) is 0 Å². The van der Waals surface area contributed by atoms with Crippen molar-refractivity contribution in [1.82, 2.24) is 0 Å². The number of rotatable bonds is 3. The predicted molar refractivity (Wildman–Crippen MR) is 68.0 cm³/mol. The molecular formula is C10H9Br2NOS. The lowest BCUT2D eigenvalue weighted by molar-refractivity contribution is 0.0928. The summed E-state index contributed by atoms with van der Waals surface area (Å²) in [7, 11) is 0. The van der Waals surface area contributed by atoms with Gasteiger partial charge in [-0.25, -0.2) is 0 Å². The molecule has 0 radical (unpaired) electrons. The third-order valence-electron chi connectivity index (χ3n) is 1.98. The van der Waals surface area contributed by atoms with Crippen LogP contribution in [0.3, 0.4) is 0 Å². The van der Waals surface area contributed by atoms with Gasteiger partial charge in [0.15, 0.2) is 5.78 Å². The van der Waals surface area contributed by atoms with Gasteiger partial charge in [-0.05, 0) is 43.8 Å². The molecule has 15 heavy (non-hydrogen) atoms. The summed E-state index contributed by atoms with van der Waals surface area (Å²) in [5.74, 6) is -0.603. The van der Waals surface area contributed by atoms with Crippen molar-refractivity contribution in [3.8, 4) is 6.07 Å². The van der Waals surface area contributed by atoms with E-state index in [0.29, 0.717) is 4.88 Å². The second kappa shape index (κ2) is 5.24. The molecule has 0 saturated carbocycles. The Labute approximate surface area is 110 Å². The minimum Gasteiger partial charge on any atom is -0.292 e. The molecular weight excluding hydrogens is 342 g/mol. The number of Topliss-reactive ketones (excluding diaryl/α,β-unsaturated/α-hetero) is 1. The third-order valence-corrected chi connectivity index (χ3v) is 5.25. The second-order valence-corrected chi connectivity index (χ2v) is 6.67. The predicted octanol–water partition coefficient (Wildman–Crippen LogP) is 4.25. The number of nitrogens with zero attached hydrogens (tertiary/aromatic N) is 1. The summed E-state index contributed by atoms with van der Waals surface area (Å²) >= 11 is 8.00. The summed E-state index contributed by atoms with van der Waals surface area (Å²) in [6.07, 6.45) is 0. The SMILES string of the molecule is CC(C)C(C#N)C(=O)c1cc(Br)c(Br)s1. The lowest BCUT2D eigenvalue weighted by atomic mass is 9.92. The van der Waals surface area contributed by atoms with Gasteiger partial charge in [-0.1, -0.05) is 13.8 Å². The van der Waals surface area contributed by atoms with Gasteiger partial charge in [0.1, 0.15) is 5.92 Å². The number of halogens is 2. The van der Waals surface area contributed by atoms with E-state index in [4.69, 9.17) is 5.26 Å². The quantitative estimate of drug-likeness (QED) is 0.764. The monoisotopic (exact) mass is 349 g/mol. The molecule has 1 atom stereocenters. The normalized spacial score (nSPS) is 12.5. The molecule has 0 N–H and O–H groups in total. The van der Waals surface area contributed by atoms with E-state index >= 15 is 0 Å². The summed E-state index contributed by atoms with van der Waals surface area (Å²) in [5, 5.41) is 8.91. The minimum absolute atomic E-state index is 0.0437. The summed E-state index contributed by atoms with van der Waals surface area (Å²) in [4.78, 5) is 12.5. The van der Waals surface area contributed by atoms with Crippen LogP contribution in [0, 0.1) is 23.2 Å². The third kappa shape index (κ3) is 2.90. The average Bonchev–Trinajstić information content (AvgIpc) is 2.47. The summed E-state index contributed by atoms with van der Waals surface area (Å²) in [6.45, 7) is 3.76. The molecule has 0 aliphatic heterocycles. The van der Waals surface area contributed by atoms with E-state index in [1.807, 2.05) is 13.8 Å². The van der Waals surface area contributed by atoms with E-state index in [-0.39, 0.29) is 11.7 Å². The number of nitriles is 1. The molecule has 0 saturated heterocycles. The first kappa shape index (κ1) is 12.9. The highest BCUT2D eigenvalue weighted by atomic mass is 79.9. The number of hydrogen-bond acceptors (Lipinski definition) is 3. The number of carbonyl (C=O) groups is 1. The number of ketones is 1. The van der Waals surface area contributed by atoms with E-state index in [9.17, 15) is 4.79 Å². The van der Waals surface area contributed by atoms with Gasteiger partial charge < -0.3 is 0 Å². The van der Waals surface area contributed by atoms with Crippen molar-refractivity contribution in [2.75, 3.05) is 0 Å². The maximum absolute atomic E-state index is 11.9. The van der Waals surface area contributed by atoms with Crippen LogP contribution in [-0.4, -0.2) is 5.78 Å². The molecule has 0 fully saturated rings. The molecule has 0 aromatic carbocycles. The fourth-order valence-electron chi connectivity index (χ4n) is 1.13. The van der Waals surface area contributed by atoms with Crippen LogP contribution in [0.15, 0.2) is 14.3 Å². The van der Waals surface area contributed by atoms with E-state index in [1.165, 1.54) is 11.3 Å². The molecule has 1 unspecified atom stereocenters. The van der Waals surface area contributed by atoms with Crippen molar-refractivity contribution in [2.24, 2.45) is 11.8 Å². The van der Waals surface area contributed by atoms with Crippen molar-refractivity contribution >= 4 is 49.0 Å². The maximum atomic E-state index is 11.9. The molecule has 1 heterocycles. The van der Waals surface area contributed by atoms with Gasteiger partial charge in [-0.15, -0.1) is 11.3 Å². The first-order valence-electron chi connectivity index (χ1n) is 4.36. The van der Waals surface area contributed by atoms with Crippen LogP contribution >= 0.6 is 43.2 Å². The Bertz CT molecular complexity index is 400. The molecule has 0 aliphatic carbocycles. The van der Waals surface area contributed by atoms with Crippen LogP contribution in [0.1, 0.15) is 23.5 Å². The Morgan fingerprint density at radius 3 is 2.47 bits per heavy atom. The van der Waals surface area contributed by atoms with Gasteiger partial charge in [0.2, 0.25) is 0 Å². The molecule has 0 aliphatic rings. The van der Waals surface area contributed by atoms with Gasteiger partial charge in [0, 0.05) is 4.47 Å². The van der Waals surface area contributed by atoms with Crippen molar-refractivity contribution < 1.29 is 4.79 Å². The zero-order chi connectivity index (χ0) is 11.6. The number of hydrogen-bond donors (Lipinski definition) is 0. The van der Waals surface area contributed by atoms with Crippen molar-refractivity contribution in [3.05, 3.63) is 19.2 Å². The Morgan fingerprint density at radius 2 is 2.13 bits per heavy atom. The molecule has 0 amide bonds. The lowest BCUT2D eigenvalue weighted by Gasteiger charge is -2.09. The molecule has 1 rings (SSSR count). The lowest BCUT2D eigenvalue weighted by Crippen LogP contribution is -2.17. The highest BCUT2D eigenvalue weighted by Gasteiger charge is 2.25. The molecule has 80 valence electrons. The minimum atomic E-state index is -0.553. The highest BCUT2D eigenvalue weighted by molar-refractivity contribution is 9.13. The molecule has 5 heteroatoms. The first-order chi connectivity index (χ1) is 6.97. The van der Waals surface area contributed by atoms with Gasteiger partial charge in [-0.2, -0.15) is 5.26 Å². The van der Waals surface area contributed by atoms with E-state index in [1.54, 1.807) is 6.07 Å². The van der Waals surface area contributed by atoms with E-state index in [0.717, 1.165) is 8.26 Å². The largest absolute Gasteiger partial charge is 0.292 e. The van der Waals surface area contributed by atoms with Crippen LogP contribution < -0.4 is 0 Å². The Morgan fingerprint density at radius 1 is 1.53 bits per heavy atom. The van der Waals surface area contributed by atoms with Crippen molar-refractivity contribution in [1.29, 1.82) is 5.26 Å². The molecule has 0 spiro atoms. The van der Waals surface area contributed by atoms with E-state index in [2.05, 4.69) is 37.9 Å². The fraction of sp³-hybridized carbons (Fsp3) is 0.400. The van der Waals surface area contributed by atoms with E-state index < -0.39 is 5.92 Å². The van der Waals surface area contributed by atoms with Gasteiger partial charge in [0.25, 0.3) is 0 Å². The molecule has 2 nitrogen and oxygen atoms in total. The second-order valence-electron chi connectivity index (χ2n) is 3.45. The van der Waals surface area contributed by atoms with Gasteiger partial charge in [-0.3, -0.25) is 4.79 Å². The van der Waals surface area contributed by atoms with Crippen LogP contribution in [-0.2, 0) is 0 Å².